The van der Waals surface area contributed by atoms with Crippen molar-refractivity contribution in [2.45, 2.75) is 12.8 Å². The molecule has 140 valence electrons. The van der Waals surface area contributed by atoms with Gasteiger partial charge in [-0.3, -0.25) is 5.10 Å². The first-order valence-electron chi connectivity index (χ1n) is 8.84. The Balaban J connectivity index is 1.85. The number of benzene rings is 2. The highest BCUT2D eigenvalue weighted by Crippen LogP contribution is 2.39. The molecular weight excluding hydrogens is 358 g/mol. The second kappa shape index (κ2) is 7.23. The van der Waals surface area contributed by atoms with Gasteiger partial charge in [0.1, 0.15) is 17.5 Å². The van der Waals surface area contributed by atoms with Crippen molar-refractivity contribution >= 4 is 5.82 Å². The van der Waals surface area contributed by atoms with Crippen LogP contribution < -0.4 is 5.73 Å². The third kappa shape index (κ3) is 3.24. The minimum absolute atomic E-state index is 0.111. The number of nitrogens with zero attached hydrogens (tertiary/aromatic N) is 2. The van der Waals surface area contributed by atoms with Crippen molar-refractivity contribution in [3.05, 3.63) is 89.8 Å². The van der Waals surface area contributed by atoms with E-state index in [2.05, 4.69) is 15.2 Å². The molecule has 4 rings (SSSR count). The fraction of sp³-hybridized carbons (Fsp3) is 0.0909. The maximum atomic E-state index is 13.3. The summed E-state index contributed by atoms with van der Waals surface area (Å²) >= 11 is 0. The van der Waals surface area contributed by atoms with E-state index in [1.165, 1.54) is 24.3 Å². The molecule has 0 aliphatic carbocycles. The lowest BCUT2D eigenvalue weighted by molar-refractivity contribution is 0.626. The molecule has 4 nitrogen and oxygen atoms in total. The lowest BCUT2D eigenvalue weighted by atomic mass is 9.87. The number of rotatable bonds is 4. The minimum Gasteiger partial charge on any atom is -0.383 e. The van der Waals surface area contributed by atoms with Gasteiger partial charge in [-0.15, -0.1) is 0 Å². The van der Waals surface area contributed by atoms with Crippen molar-refractivity contribution < 1.29 is 8.78 Å². The summed E-state index contributed by atoms with van der Waals surface area (Å²) in [5, 5.41) is 7.17. The molecule has 0 bridgehead atoms. The monoisotopic (exact) mass is 376 g/mol. The first-order chi connectivity index (χ1) is 13.5. The van der Waals surface area contributed by atoms with Crippen LogP contribution in [-0.4, -0.2) is 15.2 Å². The van der Waals surface area contributed by atoms with Crippen LogP contribution in [0.4, 0.5) is 14.6 Å². The molecule has 0 aliphatic rings. The number of nitrogens with two attached hydrogens (primary N) is 1. The van der Waals surface area contributed by atoms with E-state index < -0.39 is 0 Å². The van der Waals surface area contributed by atoms with Crippen molar-refractivity contribution in [3.63, 3.8) is 0 Å². The average molecular weight is 376 g/mol. The predicted molar refractivity (Wildman–Crippen MR) is 106 cm³/mol. The van der Waals surface area contributed by atoms with E-state index >= 15 is 0 Å². The Kier molecular flexibility index (Phi) is 4.61. The van der Waals surface area contributed by atoms with E-state index in [0.717, 1.165) is 33.5 Å². The van der Waals surface area contributed by atoms with Crippen molar-refractivity contribution in [1.29, 1.82) is 0 Å². The SMILES string of the molecule is CC(c1ccc(F)cc1)c1c(-c2cn[nH]c2-c2ccc(F)cc2)ccnc1N. The number of pyridine rings is 1. The van der Waals surface area contributed by atoms with Crippen LogP contribution >= 0.6 is 0 Å². The lowest BCUT2D eigenvalue weighted by Crippen LogP contribution is -2.06. The van der Waals surface area contributed by atoms with Gasteiger partial charge in [-0.1, -0.05) is 19.1 Å². The molecule has 0 saturated heterocycles. The van der Waals surface area contributed by atoms with Crippen LogP contribution in [0.1, 0.15) is 24.0 Å². The molecular formula is C22H18F2N4. The molecule has 6 heteroatoms. The number of aromatic amines is 1. The van der Waals surface area contributed by atoms with Crippen LogP contribution in [0.3, 0.4) is 0 Å². The Hall–Kier alpha value is -3.54. The maximum Gasteiger partial charge on any atom is 0.127 e. The molecule has 2 heterocycles. The summed E-state index contributed by atoms with van der Waals surface area (Å²) in [6, 6.07) is 14.4. The molecule has 3 N–H and O–H groups in total. The van der Waals surface area contributed by atoms with Crippen LogP contribution in [0.25, 0.3) is 22.4 Å². The van der Waals surface area contributed by atoms with Gasteiger partial charge in [-0.25, -0.2) is 13.8 Å². The molecule has 1 unspecified atom stereocenters. The number of hydrogen-bond acceptors (Lipinski definition) is 3. The van der Waals surface area contributed by atoms with Gasteiger partial charge in [0.2, 0.25) is 0 Å². The fourth-order valence-electron chi connectivity index (χ4n) is 3.42. The van der Waals surface area contributed by atoms with E-state index in [4.69, 9.17) is 5.73 Å². The van der Waals surface area contributed by atoms with E-state index in [1.807, 2.05) is 13.0 Å². The van der Waals surface area contributed by atoms with Crippen molar-refractivity contribution in [2.24, 2.45) is 0 Å². The molecule has 0 aliphatic heterocycles. The molecule has 2 aromatic heterocycles. The molecule has 4 aromatic rings. The molecule has 0 saturated carbocycles. The van der Waals surface area contributed by atoms with Gasteiger partial charge >= 0.3 is 0 Å². The molecule has 2 aromatic carbocycles. The number of halogens is 2. The zero-order valence-electron chi connectivity index (χ0n) is 15.2. The van der Waals surface area contributed by atoms with E-state index in [1.54, 1.807) is 36.7 Å². The second-order valence-corrected chi connectivity index (χ2v) is 6.60. The standard InChI is InChI=1S/C22H18F2N4/c1-13(14-2-6-16(23)7-3-14)20-18(10-11-26-22(20)25)19-12-27-28-21(19)15-4-8-17(24)9-5-15/h2-13H,1H3,(H2,25,26)(H,27,28). The van der Waals surface area contributed by atoms with E-state index in [0.29, 0.717) is 5.82 Å². The highest BCUT2D eigenvalue weighted by Gasteiger charge is 2.21. The Labute approximate surface area is 161 Å². The molecule has 28 heavy (non-hydrogen) atoms. The Morgan fingerprint density at radius 1 is 0.893 bits per heavy atom. The summed E-state index contributed by atoms with van der Waals surface area (Å²) in [7, 11) is 0. The van der Waals surface area contributed by atoms with Crippen LogP contribution in [0, 0.1) is 11.6 Å². The number of H-pyrrole nitrogens is 1. The topological polar surface area (TPSA) is 67.6 Å². The van der Waals surface area contributed by atoms with Crippen LogP contribution in [0.5, 0.6) is 0 Å². The van der Waals surface area contributed by atoms with E-state index in [-0.39, 0.29) is 17.6 Å². The van der Waals surface area contributed by atoms with E-state index in [9.17, 15) is 8.78 Å². The van der Waals surface area contributed by atoms with Crippen LogP contribution in [0.15, 0.2) is 67.0 Å². The Morgan fingerprint density at radius 3 is 2.21 bits per heavy atom. The first-order valence-corrected chi connectivity index (χ1v) is 8.84. The normalized spacial score (nSPS) is 12.1. The highest BCUT2D eigenvalue weighted by atomic mass is 19.1. The van der Waals surface area contributed by atoms with Crippen LogP contribution in [-0.2, 0) is 0 Å². The number of nitrogens with one attached hydrogen (secondary N) is 1. The van der Waals surface area contributed by atoms with Gasteiger partial charge in [0.25, 0.3) is 0 Å². The van der Waals surface area contributed by atoms with Gasteiger partial charge < -0.3 is 5.73 Å². The predicted octanol–water partition coefficient (Wildman–Crippen LogP) is 5.15. The summed E-state index contributed by atoms with van der Waals surface area (Å²) in [5.41, 5.74) is 11.3. The zero-order chi connectivity index (χ0) is 19.7. The zero-order valence-corrected chi connectivity index (χ0v) is 15.2. The summed E-state index contributed by atoms with van der Waals surface area (Å²) in [5.74, 6) is -0.298. The third-order valence-electron chi connectivity index (χ3n) is 4.89. The molecule has 0 spiro atoms. The molecule has 1 atom stereocenters. The summed E-state index contributed by atoms with van der Waals surface area (Å²) in [4.78, 5) is 4.25. The van der Waals surface area contributed by atoms with Gasteiger partial charge in [0.05, 0.1) is 11.9 Å². The van der Waals surface area contributed by atoms with Gasteiger partial charge in [0, 0.05) is 28.8 Å². The van der Waals surface area contributed by atoms with Gasteiger partial charge in [-0.05, 0) is 53.6 Å². The maximum absolute atomic E-state index is 13.3. The Morgan fingerprint density at radius 2 is 1.54 bits per heavy atom. The van der Waals surface area contributed by atoms with Crippen molar-refractivity contribution in [3.8, 4) is 22.4 Å². The summed E-state index contributed by atoms with van der Waals surface area (Å²) < 4.78 is 26.6. The number of anilines is 1. The molecule has 0 fully saturated rings. The second-order valence-electron chi connectivity index (χ2n) is 6.60. The third-order valence-corrected chi connectivity index (χ3v) is 4.89. The van der Waals surface area contributed by atoms with Crippen molar-refractivity contribution in [1.82, 2.24) is 15.2 Å². The van der Waals surface area contributed by atoms with Crippen LogP contribution in [0.2, 0.25) is 0 Å². The molecule has 0 radical (unpaired) electrons. The number of aromatic nitrogens is 3. The summed E-state index contributed by atoms with van der Waals surface area (Å²) in [6.45, 7) is 2.00. The fourth-order valence-corrected chi connectivity index (χ4v) is 3.42. The number of nitrogen functional groups attached to an aromatic ring is 1. The average Bonchev–Trinajstić information content (AvgIpc) is 3.18. The largest absolute Gasteiger partial charge is 0.383 e. The quantitative estimate of drug-likeness (QED) is 0.517. The Bertz CT molecular complexity index is 1100. The molecule has 0 amide bonds. The summed E-state index contributed by atoms with van der Waals surface area (Å²) in [6.07, 6.45) is 3.36. The van der Waals surface area contributed by atoms with Gasteiger partial charge in [-0.2, -0.15) is 5.10 Å². The number of hydrogen-bond donors (Lipinski definition) is 2. The van der Waals surface area contributed by atoms with Crippen molar-refractivity contribution in [2.75, 3.05) is 5.73 Å². The minimum atomic E-state index is -0.302. The smallest absolute Gasteiger partial charge is 0.127 e. The van der Waals surface area contributed by atoms with Gasteiger partial charge in [0.15, 0.2) is 0 Å². The highest BCUT2D eigenvalue weighted by molar-refractivity contribution is 5.84. The first kappa shape index (κ1) is 17.9. The lowest BCUT2D eigenvalue weighted by Gasteiger charge is -2.19.